The van der Waals surface area contributed by atoms with E-state index < -0.39 is 0 Å². The second-order valence-corrected chi connectivity index (χ2v) is 7.65. The van der Waals surface area contributed by atoms with E-state index in [1.807, 2.05) is 60.3 Å². The highest BCUT2D eigenvalue weighted by Gasteiger charge is 2.15. The van der Waals surface area contributed by atoms with Gasteiger partial charge in [-0.2, -0.15) is 11.8 Å². The summed E-state index contributed by atoms with van der Waals surface area (Å²) in [5, 5.41) is 4.54. The van der Waals surface area contributed by atoms with Crippen LogP contribution in [0.5, 0.6) is 0 Å². The van der Waals surface area contributed by atoms with E-state index in [4.69, 9.17) is 4.74 Å². The number of hydrogen-bond acceptors (Lipinski definition) is 5. The first-order valence-electron chi connectivity index (χ1n) is 8.82. The van der Waals surface area contributed by atoms with E-state index in [9.17, 15) is 4.79 Å². The smallest absolute Gasteiger partial charge is 0.258 e. The number of para-hydroxylation sites is 1. The summed E-state index contributed by atoms with van der Waals surface area (Å²) >= 11 is 1.85. The van der Waals surface area contributed by atoms with E-state index in [1.165, 1.54) is 0 Å². The standard InChI is InChI=1S/C20H21N3O2S/c24-20-17-7-6-15(21-14-4-2-1-3-5-14)12-18(17)22-19(23-20)13-26-16-8-10-25-11-9-16/h1-7,12,16,21H,8-11,13H2,(H,22,23,24). The molecule has 1 saturated heterocycles. The molecule has 2 aromatic carbocycles. The number of anilines is 2. The van der Waals surface area contributed by atoms with Gasteiger partial charge >= 0.3 is 0 Å². The highest BCUT2D eigenvalue weighted by molar-refractivity contribution is 7.99. The fraction of sp³-hybridized carbons (Fsp3) is 0.300. The van der Waals surface area contributed by atoms with Crippen molar-refractivity contribution in [2.75, 3.05) is 18.5 Å². The molecule has 1 aliphatic heterocycles. The third kappa shape index (κ3) is 4.08. The zero-order valence-electron chi connectivity index (χ0n) is 14.4. The normalized spacial score (nSPS) is 15.2. The van der Waals surface area contributed by atoms with Crippen LogP contribution in [0.3, 0.4) is 0 Å². The molecule has 2 heterocycles. The number of thioether (sulfide) groups is 1. The Balaban J connectivity index is 1.54. The van der Waals surface area contributed by atoms with Crippen molar-refractivity contribution < 1.29 is 4.74 Å². The maximum atomic E-state index is 12.4. The first-order chi connectivity index (χ1) is 12.8. The Labute approximate surface area is 156 Å². The summed E-state index contributed by atoms with van der Waals surface area (Å²) in [4.78, 5) is 20.0. The average Bonchev–Trinajstić information content (AvgIpc) is 2.68. The summed E-state index contributed by atoms with van der Waals surface area (Å²) < 4.78 is 5.40. The van der Waals surface area contributed by atoms with Gasteiger partial charge in [0.2, 0.25) is 0 Å². The molecule has 1 aliphatic rings. The van der Waals surface area contributed by atoms with Crippen LogP contribution < -0.4 is 10.9 Å². The molecular weight excluding hydrogens is 346 g/mol. The first kappa shape index (κ1) is 17.1. The molecule has 0 amide bonds. The van der Waals surface area contributed by atoms with Crippen molar-refractivity contribution in [3.05, 3.63) is 64.7 Å². The predicted octanol–water partition coefficient (Wildman–Crippen LogP) is 4.08. The minimum absolute atomic E-state index is 0.0798. The highest BCUT2D eigenvalue weighted by Crippen LogP contribution is 2.25. The van der Waals surface area contributed by atoms with Gasteiger partial charge in [0.25, 0.3) is 5.56 Å². The molecule has 0 spiro atoms. The highest BCUT2D eigenvalue weighted by atomic mass is 32.2. The van der Waals surface area contributed by atoms with Crippen molar-refractivity contribution in [1.29, 1.82) is 0 Å². The van der Waals surface area contributed by atoms with Gasteiger partial charge in [-0.05, 0) is 43.2 Å². The van der Waals surface area contributed by atoms with Gasteiger partial charge in [-0.3, -0.25) is 4.79 Å². The summed E-state index contributed by atoms with van der Waals surface area (Å²) in [5.41, 5.74) is 2.57. The van der Waals surface area contributed by atoms with Gasteiger partial charge < -0.3 is 15.0 Å². The third-order valence-electron chi connectivity index (χ3n) is 4.44. The van der Waals surface area contributed by atoms with Crippen molar-refractivity contribution >= 4 is 34.0 Å². The van der Waals surface area contributed by atoms with Gasteiger partial charge in [-0.25, -0.2) is 4.98 Å². The lowest BCUT2D eigenvalue weighted by molar-refractivity contribution is 0.1000. The van der Waals surface area contributed by atoms with Crippen LogP contribution >= 0.6 is 11.8 Å². The maximum Gasteiger partial charge on any atom is 0.258 e. The molecule has 0 aliphatic carbocycles. The molecular formula is C20H21N3O2S. The molecule has 5 nitrogen and oxygen atoms in total. The Morgan fingerprint density at radius 2 is 1.92 bits per heavy atom. The van der Waals surface area contributed by atoms with Gasteiger partial charge in [-0.1, -0.05) is 18.2 Å². The molecule has 1 aromatic heterocycles. The molecule has 3 aromatic rings. The Bertz CT molecular complexity index is 937. The van der Waals surface area contributed by atoms with E-state index in [-0.39, 0.29) is 5.56 Å². The van der Waals surface area contributed by atoms with Crippen LogP contribution in [0.2, 0.25) is 0 Å². The summed E-state index contributed by atoms with van der Waals surface area (Å²) in [6.45, 7) is 1.65. The number of benzene rings is 2. The molecule has 0 atom stereocenters. The van der Waals surface area contributed by atoms with E-state index in [2.05, 4.69) is 15.3 Å². The zero-order chi connectivity index (χ0) is 17.8. The monoisotopic (exact) mass is 367 g/mol. The SMILES string of the molecule is O=c1[nH]c(CSC2CCOCC2)nc2cc(Nc3ccccc3)ccc12. The van der Waals surface area contributed by atoms with E-state index >= 15 is 0 Å². The Morgan fingerprint density at radius 3 is 2.73 bits per heavy atom. The quantitative estimate of drug-likeness (QED) is 0.711. The number of nitrogens with zero attached hydrogens (tertiary/aromatic N) is 1. The molecule has 0 radical (unpaired) electrons. The Morgan fingerprint density at radius 1 is 1.12 bits per heavy atom. The summed E-state index contributed by atoms with van der Waals surface area (Å²) in [7, 11) is 0. The predicted molar refractivity (Wildman–Crippen MR) is 107 cm³/mol. The fourth-order valence-electron chi connectivity index (χ4n) is 3.06. The van der Waals surface area contributed by atoms with Crippen LogP contribution in [0.25, 0.3) is 10.9 Å². The largest absolute Gasteiger partial charge is 0.381 e. The van der Waals surface area contributed by atoms with Crippen molar-refractivity contribution in [2.24, 2.45) is 0 Å². The Hall–Kier alpha value is -2.31. The minimum Gasteiger partial charge on any atom is -0.381 e. The zero-order valence-corrected chi connectivity index (χ0v) is 15.2. The van der Waals surface area contributed by atoms with Gasteiger partial charge in [-0.15, -0.1) is 0 Å². The molecule has 2 N–H and O–H groups in total. The van der Waals surface area contributed by atoms with Crippen molar-refractivity contribution in [1.82, 2.24) is 9.97 Å². The van der Waals surface area contributed by atoms with Crippen LogP contribution in [0.1, 0.15) is 18.7 Å². The van der Waals surface area contributed by atoms with E-state index in [1.54, 1.807) is 0 Å². The number of rotatable bonds is 5. The lowest BCUT2D eigenvalue weighted by Gasteiger charge is -2.21. The molecule has 0 saturated carbocycles. The lowest BCUT2D eigenvalue weighted by Crippen LogP contribution is -2.18. The van der Waals surface area contributed by atoms with Crippen LogP contribution in [0.4, 0.5) is 11.4 Å². The van der Waals surface area contributed by atoms with E-state index in [0.29, 0.717) is 16.4 Å². The van der Waals surface area contributed by atoms with Crippen molar-refractivity contribution in [2.45, 2.75) is 23.8 Å². The van der Waals surface area contributed by atoms with Crippen molar-refractivity contribution in [3.8, 4) is 0 Å². The number of hydrogen-bond donors (Lipinski definition) is 2. The van der Waals surface area contributed by atoms with Crippen LogP contribution in [0.15, 0.2) is 53.3 Å². The Kier molecular flexibility index (Phi) is 5.22. The molecule has 0 bridgehead atoms. The minimum atomic E-state index is -0.0798. The second kappa shape index (κ2) is 7.93. The summed E-state index contributed by atoms with van der Waals surface area (Å²) in [6, 6.07) is 15.6. The number of H-pyrrole nitrogens is 1. The van der Waals surface area contributed by atoms with Gasteiger partial charge in [0.1, 0.15) is 5.82 Å². The van der Waals surface area contributed by atoms with Crippen LogP contribution in [-0.2, 0) is 10.5 Å². The van der Waals surface area contributed by atoms with E-state index in [0.717, 1.165) is 48.8 Å². The number of fused-ring (bicyclic) bond motifs is 1. The fourth-order valence-corrected chi connectivity index (χ4v) is 4.12. The number of aromatic nitrogens is 2. The summed E-state index contributed by atoms with van der Waals surface area (Å²) in [5.74, 6) is 1.45. The second-order valence-electron chi connectivity index (χ2n) is 6.36. The van der Waals surface area contributed by atoms with Crippen molar-refractivity contribution in [3.63, 3.8) is 0 Å². The number of nitrogens with one attached hydrogen (secondary N) is 2. The van der Waals surface area contributed by atoms with Gasteiger partial charge in [0.05, 0.1) is 16.7 Å². The first-order valence-corrected chi connectivity index (χ1v) is 9.87. The molecule has 6 heteroatoms. The number of aromatic amines is 1. The topological polar surface area (TPSA) is 67.0 Å². The number of ether oxygens (including phenoxy) is 1. The van der Waals surface area contributed by atoms with Gasteiger partial charge in [0, 0.05) is 29.8 Å². The molecule has 26 heavy (non-hydrogen) atoms. The molecule has 0 unspecified atom stereocenters. The average molecular weight is 367 g/mol. The molecule has 1 fully saturated rings. The third-order valence-corrected chi connectivity index (χ3v) is 5.83. The van der Waals surface area contributed by atoms with Gasteiger partial charge in [0.15, 0.2) is 0 Å². The summed E-state index contributed by atoms with van der Waals surface area (Å²) in [6.07, 6.45) is 2.13. The lowest BCUT2D eigenvalue weighted by atomic mass is 10.2. The molecule has 134 valence electrons. The molecule has 4 rings (SSSR count). The maximum absolute atomic E-state index is 12.4. The van der Waals surface area contributed by atoms with Crippen LogP contribution in [0, 0.1) is 0 Å². The van der Waals surface area contributed by atoms with Crippen LogP contribution in [-0.4, -0.2) is 28.4 Å².